The second-order valence-electron chi connectivity index (χ2n) is 7.41. The number of pyridine rings is 1. The van der Waals surface area contributed by atoms with Gasteiger partial charge in [0.15, 0.2) is 11.4 Å². The van der Waals surface area contributed by atoms with Gasteiger partial charge in [-0.3, -0.25) is 9.59 Å². The number of hydrogen-bond donors (Lipinski definition) is 2. The summed E-state index contributed by atoms with van der Waals surface area (Å²) in [6.45, 7) is 3.55. The number of amides is 1. The van der Waals surface area contributed by atoms with Crippen molar-refractivity contribution in [1.82, 2.24) is 10.3 Å². The van der Waals surface area contributed by atoms with Gasteiger partial charge in [0.2, 0.25) is 11.6 Å². The van der Waals surface area contributed by atoms with E-state index in [1.165, 1.54) is 25.5 Å². The van der Waals surface area contributed by atoms with Crippen LogP contribution in [0.4, 0.5) is 0 Å². The number of nitrogens with zero attached hydrogens (tertiary/aromatic N) is 1. The van der Waals surface area contributed by atoms with Crippen molar-refractivity contribution in [2.45, 2.75) is 58.3 Å². The fraction of sp³-hybridized carbons (Fsp3) is 0.632. The maximum atomic E-state index is 12.7. The molecule has 0 atom stereocenters. The first kappa shape index (κ1) is 18.8. The van der Waals surface area contributed by atoms with E-state index >= 15 is 0 Å². The second kappa shape index (κ2) is 7.72. The van der Waals surface area contributed by atoms with Gasteiger partial charge in [0, 0.05) is 32.2 Å². The summed E-state index contributed by atoms with van der Waals surface area (Å²) in [5, 5.41) is 12.1. The quantitative estimate of drug-likeness (QED) is 0.780. The van der Waals surface area contributed by atoms with Gasteiger partial charge in [-0.15, -0.1) is 0 Å². The molecule has 2 heterocycles. The predicted molar refractivity (Wildman–Crippen MR) is 94.1 cm³/mol. The lowest BCUT2D eigenvalue weighted by molar-refractivity contribution is -0.180. The summed E-state index contributed by atoms with van der Waals surface area (Å²) in [5.41, 5.74) is 0.876. The highest BCUT2D eigenvalue weighted by Crippen LogP contribution is 2.35. The molecule has 0 saturated heterocycles. The molecule has 3 rings (SSSR count). The van der Waals surface area contributed by atoms with Crippen molar-refractivity contribution >= 4 is 11.7 Å². The maximum absolute atomic E-state index is 12.7. The van der Waals surface area contributed by atoms with E-state index in [4.69, 9.17) is 9.47 Å². The molecule has 142 valence electrons. The standard InChI is InChI=1S/C19H26N2O5/c1-19(2)25-11-14-13(9-20-16(15(23)10-22)17(14)26-19)18(24)21-8-12-6-4-3-5-7-12/h9,12,22H,3-8,10-11H2,1-2H3,(H,21,24). The Morgan fingerprint density at radius 1 is 1.31 bits per heavy atom. The third-order valence-corrected chi connectivity index (χ3v) is 4.98. The largest absolute Gasteiger partial charge is 0.460 e. The van der Waals surface area contributed by atoms with Crippen LogP contribution in [-0.2, 0) is 11.3 Å². The van der Waals surface area contributed by atoms with Crippen LogP contribution in [-0.4, -0.2) is 40.7 Å². The van der Waals surface area contributed by atoms with Gasteiger partial charge in [0.25, 0.3) is 5.91 Å². The monoisotopic (exact) mass is 362 g/mol. The highest BCUT2D eigenvalue weighted by Gasteiger charge is 2.34. The van der Waals surface area contributed by atoms with Crippen LogP contribution in [0.15, 0.2) is 6.20 Å². The molecule has 1 fully saturated rings. The number of aliphatic hydroxyl groups is 1. The number of rotatable bonds is 5. The molecule has 7 nitrogen and oxygen atoms in total. The molecular weight excluding hydrogens is 336 g/mol. The number of ether oxygens (including phenoxy) is 2. The normalized spacial score (nSPS) is 19.3. The molecule has 1 aromatic rings. The highest BCUT2D eigenvalue weighted by molar-refractivity contribution is 6.01. The molecule has 1 aliphatic carbocycles. The number of Topliss-reactive ketones (excluding diaryl/α,β-unsaturated/α-hetero) is 1. The van der Waals surface area contributed by atoms with E-state index < -0.39 is 18.2 Å². The molecule has 26 heavy (non-hydrogen) atoms. The minimum absolute atomic E-state index is 0.0303. The highest BCUT2D eigenvalue weighted by atomic mass is 16.7. The summed E-state index contributed by atoms with van der Waals surface area (Å²) in [5.74, 6) is -0.984. The van der Waals surface area contributed by atoms with Gasteiger partial charge in [-0.2, -0.15) is 0 Å². The SMILES string of the molecule is CC1(C)OCc2c(C(=O)NCC3CCCCC3)cnc(C(=O)CO)c2O1. The first-order valence-corrected chi connectivity index (χ1v) is 9.18. The van der Waals surface area contributed by atoms with Gasteiger partial charge in [-0.25, -0.2) is 4.98 Å². The lowest BCUT2D eigenvalue weighted by Gasteiger charge is -2.34. The summed E-state index contributed by atoms with van der Waals surface area (Å²) in [7, 11) is 0. The fourth-order valence-corrected chi connectivity index (χ4v) is 3.50. The van der Waals surface area contributed by atoms with E-state index in [0.29, 0.717) is 23.6 Å². The third kappa shape index (κ3) is 4.04. The smallest absolute Gasteiger partial charge is 0.253 e. The van der Waals surface area contributed by atoms with Gasteiger partial charge in [0.05, 0.1) is 12.2 Å². The number of carbonyl (C=O) groups excluding carboxylic acids is 2. The molecule has 1 aromatic heterocycles. The average molecular weight is 362 g/mol. The van der Waals surface area contributed by atoms with Gasteiger partial charge >= 0.3 is 0 Å². The summed E-state index contributed by atoms with van der Waals surface area (Å²) >= 11 is 0. The predicted octanol–water partition coefficient (Wildman–Crippen LogP) is 2.21. The Hall–Kier alpha value is -1.99. The molecule has 1 amide bonds. The van der Waals surface area contributed by atoms with Gasteiger partial charge < -0.3 is 19.9 Å². The zero-order chi connectivity index (χ0) is 18.7. The van der Waals surface area contributed by atoms with Crippen LogP contribution in [0.5, 0.6) is 5.75 Å². The Kier molecular flexibility index (Phi) is 5.58. The van der Waals surface area contributed by atoms with Crippen LogP contribution in [0.2, 0.25) is 0 Å². The number of fused-ring (bicyclic) bond motifs is 1. The summed E-state index contributed by atoms with van der Waals surface area (Å²) in [4.78, 5) is 28.7. The maximum Gasteiger partial charge on any atom is 0.253 e. The van der Waals surface area contributed by atoms with Crippen LogP contribution in [0.3, 0.4) is 0 Å². The Labute approximate surface area is 153 Å². The molecule has 1 aliphatic heterocycles. The Bertz CT molecular complexity index is 695. The van der Waals surface area contributed by atoms with E-state index in [9.17, 15) is 14.7 Å². The first-order chi connectivity index (χ1) is 12.4. The molecule has 0 unspecified atom stereocenters. The van der Waals surface area contributed by atoms with Crippen molar-refractivity contribution < 1.29 is 24.2 Å². The second-order valence-corrected chi connectivity index (χ2v) is 7.41. The lowest BCUT2D eigenvalue weighted by Crippen LogP contribution is -2.38. The van der Waals surface area contributed by atoms with Gasteiger partial charge in [-0.05, 0) is 18.8 Å². The van der Waals surface area contributed by atoms with E-state index in [0.717, 1.165) is 12.8 Å². The zero-order valence-corrected chi connectivity index (χ0v) is 15.3. The third-order valence-electron chi connectivity index (χ3n) is 4.98. The Morgan fingerprint density at radius 3 is 2.73 bits per heavy atom. The zero-order valence-electron chi connectivity index (χ0n) is 15.3. The van der Waals surface area contributed by atoms with E-state index in [-0.39, 0.29) is 24.0 Å². The van der Waals surface area contributed by atoms with Gasteiger partial charge in [0.1, 0.15) is 6.61 Å². The first-order valence-electron chi connectivity index (χ1n) is 9.18. The van der Waals surface area contributed by atoms with Crippen LogP contribution >= 0.6 is 0 Å². The van der Waals surface area contributed by atoms with Crippen LogP contribution in [0, 0.1) is 5.92 Å². The van der Waals surface area contributed by atoms with Crippen molar-refractivity contribution in [3.8, 4) is 5.75 Å². The Balaban J connectivity index is 1.83. The van der Waals surface area contributed by atoms with Crippen molar-refractivity contribution in [2.24, 2.45) is 5.92 Å². The molecule has 2 N–H and O–H groups in total. The number of ketones is 1. The summed E-state index contributed by atoms with van der Waals surface area (Å²) in [6.07, 6.45) is 7.34. The molecule has 0 radical (unpaired) electrons. The summed E-state index contributed by atoms with van der Waals surface area (Å²) in [6, 6.07) is 0. The fourth-order valence-electron chi connectivity index (χ4n) is 3.50. The van der Waals surface area contributed by atoms with Crippen molar-refractivity contribution in [3.05, 3.63) is 23.0 Å². The minimum Gasteiger partial charge on any atom is -0.460 e. The topological polar surface area (TPSA) is 97.8 Å². The van der Waals surface area contributed by atoms with Crippen molar-refractivity contribution in [1.29, 1.82) is 0 Å². The van der Waals surface area contributed by atoms with Crippen LogP contribution in [0.25, 0.3) is 0 Å². The van der Waals surface area contributed by atoms with Crippen LogP contribution < -0.4 is 10.1 Å². The lowest BCUT2D eigenvalue weighted by atomic mass is 9.89. The van der Waals surface area contributed by atoms with E-state index in [1.807, 2.05) is 0 Å². The number of aliphatic hydroxyl groups excluding tert-OH is 1. The molecule has 0 aromatic carbocycles. The number of aromatic nitrogens is 1. The summed E-state index contributed by atoms with van der Waals surface area (Å²) < 4.78 is 11.4. The number of hydrogen-bond acceptors (Lipinski definition) is 6. The molecule has 0 bridgehead atoms. The Morgan fingerprint density at radius 2 is 2.04 bits per heavy atom. The average Bonchev–Trinajstić information content (AvgIpc) is 2.64. The van der Waals surface area contributed by atoms with Crippen molar-refractivity contribution in [3.63, 3.8) is 0 Å². The van der Waals surface area contributed by atoms with Crippen molar-refractivity contribution in [2.75, 3.05) is 13.2 Å². The molecule has 0 spiro atoms. The molecule has 2 aliphatic rings. The number of carbonyl (C=O) groups is 2. The van der Waals surface area contributed by atoms with Crippen LogP contribution in [0.1, 0.15) is 72.4 Å². The van der Waals surface area contributed by atoms with E-state index in [1.54, 1.807) is 13.8 Å². The molecule has 1 saturated carbocycles. The molecular formula is C19H26N2O5. The molecule has 7 heteroatoms. The van der Waals surface area contributed by atoms with E-state index in [2.05, 4.69) is 10.3 Å². The minimum atomic E-state index is -0.934. The number of nitrogens with one attached hydrogen (secondary N) is 1. The van der Waals surface area contributed by atoms with Gasteiger partial charge in [-0.1, -0.05) is 19.3 Å².